The fourth-order valence-electron chi connectivity index (χ4n) is 2.15. The molecule has 0 fully saturated rings. The minimum absolute atomic E-state index is 0.00498. The van der Waals surface area contributed by atoms with E-state index in [1.807, 2.05) is 50.2 Å². The number of rotatable bonds is 7. The third-order valence-corrected chi connectivity index (χ3v) is 3.93. The summed E-state index contributed by atoms with van der Waals surface area (Å²) in [5, 5.41) is 3.10. The number of likely N-dealkylation sites (N-methyl/N-ethyl adjacent to an activating group) is 1. The van der Waals surface area contributed by atoms with Gasteiger partial charge in [-0.15, -0.1) is 0 Å². The third kappa shape index (κ3) is 6.79. The molecule has 0 aliphatic carbocycles. The molecule has 5 heteroatoms. The van der Waals surface area contributed by atoms with Crippen LogP contribution in [0.5, 0.6) is 0 Å². The number of hydrogen-bond acceptors (Lipinski definition) is 2. The van der Waals surface area contributed by atoms with E-state index in [2.05, 4.69) is 40.0 Å². The van der Waals surface area contributed by atoms with Gasteiger partial charge in [0.15, 0.2) is 0 Å². The smallest absolute Gasteiger partial charge is 0.317 e. The lowest BCUT2D eigenvalue weighted by molar-refractivity contribution is 0.181. The van der Waals surface area contributed by atoms with Crippen molar-refractivity contribution in [1.29, 1.82) is 0 Å². The van der Waals surface area contributed by atoms with Crippen LogP contribution in [0, 0.1) is 5.92 Å². The normalized spacial score (nSPS) is 12.5. The molecule has 22 heavy (non-hydrogen) atoms. The summed E-state index contributed by atoms with van der Waals surface area (Å²) in [5.41, 5.74) is 1.11. The molecule has 124 valence electrons. The lowest BCUT2D eigenvalue weighted by Gasteiger charge is -2.28. The first-order valence-corrected chi connectivity index (χ1v) is 8.54. The molecule has 1 N–H and O–H groups in total. The summed E-state index contributed by atoms with van der Waals surface area (Å²) in [6.45, 7) is 8.66. The minimum atomic E-state index is -0.00498. The number of nitrogens with zero attached hydrogens (tertiary/aromatic N) is 2. The molecule has 0 aliphatic heterocycles. The Morgan fingerprint density at radius 2 is 1.73 bits per heavy atom. The highest BCUT2D eigenvalue weighted by atomic mass is 79.9. The van der Waals surface area contributed by atoms with Crippen molar-refractivity contribution in [3.8, 4) is 0 Å². The molecule has 1 aromatic rings. The van der Waals surface area contributed by atoms with Crippen molar-refractivity contribution in [2.24, 2.45) is 5.92 Å². The molecule has 2 amide bonds. The van der Waals surface area contributed by atoms with Crippen molar-refractivity contribution in [2.45, 2.75) is 26.8 Å². The largest absolute Gasteiger partial charge is 0.331 e. The van der Waals surface area contributed by atoms with Crippen molar-refractivity contribution in [3.05, 3.63) is 34.3 Å². The van der Waals surface area contributed by atoms with Gasteiger partial charge in [0, 0.05) is 24.1 Å². The second-order valence-electron chi connectivity index (χ2n) is 6.37. The summed E-state index contributed by atoms with van der Waals surface area (Å²) >= 11 is 3.43. The lowest BCUT2D eigenvalue weighted by atomic mass is 10.1. The van der Waals surface area contributed by atoms with Gasteiger partial charge in [0.25, 0.3) is 0 Å². The Bertz CT molecular complexity index is 459. The quantitative estimate of drug-likeness (QED) is 0.794. The van der Waals surface area contributed by atoms with Crippen LogP contribution in [-0.2, 0) is 0 Å². The molecule has 0 saturated heterocycles. The van der Waals surface area contributed by atoms with E-state index in [4.69, 9.17) is 0 Å². The molecule has 1 aromatic carbocycles. The van der Waals surface area contributed by atoms with Gasteiger partial charge in [-0.05, 0) is 44.6 Å². The Hall–Kier alpha value is -1.07. The zero-order valence-corrected chi connectivity index (χ0v) is 15.9. The fourth-order valence-corrected chi connectivity index (χ4v) is 2.41. The third-order valence-electron chi connectivity index (χ3n) is 3.40. The summed E-state index contributed by atoms with van der Waals surface area (Å²) in [6, 6.07) is 8.05. The summed E-state index contributed by atoms with van der Waals surface area (Å²) in [6.07, 6.45) is 0. The van der Waals surface area contributed by atoms with Gasteiger partial charge >= 0.3 is 6.03 Å². The molecule has 0 radical (unpaired) electrons. The highest BCUT2D eigenvalue weighted by molar-refractivity contribution is 9.10. The van der Waals surface area contributed by atoms with Crippen molar-refractivity contribution >= 4 is 22.0 Å². The van der Waals surface area contributed by atoms with Gasteiger partial charge in [0.05, 0.1) is 6.04 Å². The molecular weight excluding hydrogens is 342 g/mol. The van der Waals surface area contributed by atoms with E-state index in [0.29, 0.717) is 5.92 Å². The van der Waals surface area contributed by atoms with Crippen LogP contribution in [0.3, 0.4) is 0 Å². The van der Waals surface area contributed by atoms with Gasteiger partial charge < -0.3 is 15.1 Å². The van der Waals surface area contributed by atoms with Crippen molar-refractivity contribution in [1.82, 2.24) is 15.1 Å². The van der Waals surface area contributed by atoms with Crippen molar-refractivity contribution in [3.63, 3.8) is 0 Å². The first kappa shape index (κ1) is 19.0. The van der Waals surface area contributed by atoms with E-state index < -0.39 is 0 Å². The molecule has 0 heterocycles. The van der Waals surface area contributed by atoms with Gasteiger partial charge in [-0.1, -0.05) is 41.9 Å². The Balaban J connectivity index is 2.66. The van der Waals surface area contributed by atoms with Gasteiger partial charge in [0.2, 0.25) is 0 Å². The molecule has 0 spiro atoms. The van der Waals surface area contributed by atoms with Crippen LogP contribution >= 0.6 is 15.9 Å². The molecule has 0 aliphatic rings. The van der Waals surface area contributed by atoms with Crippen LogP contribution in [0.2, 0.25) is 0 Å². The molecule has 0 bridgehead atoms. The zero-order chi connectivity index (χ0) is 16.7. The van der Waals surface area contributed by atoms with Crippen LogP contribution in [0.25, 0.3) is 0 Å². The van der Waals surface area contributed by atoms with Crippen LogP contribution < -0.4 is 5.32 Å². The topological polar surface area (TPSA) is 35.6 Å². The number of hydrogen-bond donors (Lipinski definition) is 1. The van der Waals surface area contributed by atoms with E-state index in [-0.39, 0.29) is 12.1 Å². The summed E-state index contributed by atoms with van der Waals surface area (Å²) < 4.78 is 1.04. The maximum absolute atomic E-state index is 12.5. The molecule has 0 aromatic heterocycles. The summed E-state index contributed by atoms with van der Waals surface area (Å²) in [7, 11) is 4.05. The van der Waals surface area contributed by atoms with E-state index in [0.717, 1.165) is 29.7 Å². The van der Waals surface area contributed by atoms with Crippen LogP contribution in [-0.4, -0.2) is 49.6 Å². The highest BCUT2D eigenvalue weighted by Gasteiger charge is 2.17. The Labute approximate surface area is 143 Å². The Kier molecular flexibility index (Phi) is 7.90. The number of nitrogens with one attached hydrogen (secondary N) is 1. The zero-order valence-electron chi connectivity index (χ0n) is 14.3. The number of urea groups is 1. The first-order valence-electron chi connectivity index (χ1n) is 7.75. The molecule has 1 rings (SSSR count). The standard InChI is InChI=1S/C17H28BrN3O/c1-13(2)12-21(11-10-20(4)5)17(22)19-14(3)15-6-8-16(18)9-7-15/h6-9,13-14H,10-12H2,1-5H3,(H,19,22). The van der Waals surface area contributed by atoms with E-state index in [9.17, 15) is 4.79 Å². The highest BCUT2D eigenvalue weighted by Crippen LogP contribution is 2.16. The van der Waals surface area contributed by atoms with Crippen LogP contribution in [0.1, 0.15) is 32.4 Å². The fraction of sp³-hybridized carbons (Fsp3) is 0.588. The van der Waals surface area contributed by atoms with Gasteiger partial charge in [0.1, 0.15) is 0 Å². The SMILES string of the molecule is CC(C)CN(CCN(C)C)C(=O)NC(C)c1ccc(Br)cc1. The second-order valence-corrected chi connectivity index (χ2v) is 7.28. The maximum Gasteiger partial charge on any atom is 0.317 e. The van der Waals surface area contributed by atoms with Gasteiger partial charge in [-0.2, -0.15) is 0 Å². The van der Waals surface area contributed by atoms with E-state index in [1.165, 1.54) is 0 Å². The Morgan fingerprint density at radius 1 is 1.14 bits per heavy atom. The van der Waals surface area contributed by atoms with Crippen LogP contribution in [0.15, 0.2) is 28.7 Å². The van der Waals surface area contributed by atoms with Crippen molar-refractivity contribution in [2.75, 3.05) is 33.7 Å². The molecule has 0 saturated carbocycles. The Morgan fingerprint density at radius 3 is 2.23 bits per heavy atom. The molecular formula is C17H28BrN3O. The number of amides is 2. The van der Waals surface area contributed by atoms with E-state index in [1.54, 1.807) is 0 Å². The minimum Gasteiger partial charge on any atom is -0.331 e. The maximum atomic E-state index is 12.5. The number of carbonyl (C=O) groups excluding carboxylic acids is 1. The average molecular weight is 370 g/mol. The molecule has 1 unspecified atom stereocenters. The summed E-state index contributed by atoms with van der Waals surface area (Å²) in [5.74, 6) is 0.455. The summed E-state index contributed by atoms with van der Waals surface area (Å²) in [4.78, 5) is 16.5. The number of carbonyl (C=O) groups is 1. The van der Waals surface area contributed by atoms with Gasteiger partial charge in [-0.3, -0.25) is 0 Å². The predicted molar refractivity (Wildman–Crippen MR) is 96.1 cm³/mol. The first-order chi connectivity index (χ1) is 10.3. The second kappa shape index (κ2) is 9.16. The number of halogens is 1. The van der Waals surface area contributed by atoms with Crippen molar-refractivity contribution < 1.29 is 4.79 Å². The molecule has 4 nitrogen and oxygen atoms in total. The van der Waals surface area contributed by atoms with Crippen LogP contribution in [0.4, 0.5) is 4.79 Å². The average Bonchev–Trinajstić information content (AvgIpc) is 2.43. The predicted octanol–water partition coefficient (Wildman–Crippen LogP) is 3.74. The lowest BCUT2D eigenvalue weighted by Crippen LogP contribution is -2.45. The molecule has 1 atom stereocenters. The van der Waals surface area contributed by atoms with E-state index >= 15 is 0 Å². The van der Waals surface area contributed by atoms with Gasteiger partial charge in [-0.25, -0.2) is 4.79 Å². The number of benzene rings is 1. The monoisotopic (exact) mass is 369 g/mol.